The van der Waals surface area contributed by atoms with E-state index in [4.69, 9.17) is 0 Å². The molecule has 0 spiro atoms. The number of nitrogens with one attached hydrogen (secondary N) is 1. The molecule has 0 aliphatic heterocycles. The summed E-state index contributed by atoms with van der Waals surface area (Å²) in [4.78, 5) is 22.8. The highest BCUT2D eigenvalue weighted by Gasteiger charge is 2.09. The van der Waals surface area contributed by atoms with E-state index >= 15 is 0 Å². The molecule has 0 aliphatic rings. The number of halogens is 2. The molecule has 96 valence electrons. The second-order valence-corrected chi connectivity index (χ2v) is 4.93. The number of hydrogen-bond donors (Lipinski definition) is 1. The standard InChI is InChI=1S/C12H8BrFN4O/c13-8-2-1-7(9(14)3-8)4-18-6-17-11-10(12(18)19)15-5-16-11/h1-3,5-6H,4H2,(H,15,16). The van der Waals surface area contributed by atoms with Crippen molar-refractivity contribution in [3.63, 3.8) is 0 Å². The van der Waals surface area contributed by atoms with E-state index in [1.54, 1.807) is 12.1 Å². The van der Waals surface area contributed by atoms with E-state index in [1.807, 2.05) is 0 Å². The largest absolute Gasteiger partial charge is 0.339 e. The van der Waals surface area contributed by atoms with Gasteiger partial charge in [0.05, 0.1) is 12.9 Å². The van der Waals surface area contributed by atoms with Gasteiger partial charge in [-0.1, -0.05) is 22.0 Å². The minimum absolute atomic E-state index is 0.125. The number of imidazole rings is 1. The molecular formula is C12H8BrFN4O. The van der Waals surface area contributed by atoms with Crippen LogP contribution in [0.5, 0.6) is 0 Å². The van der Waals surface area contributed by atoms with Gasteiger partial charge in [-0.15, -0.1) is 0 Å². The van der Waals surface area contributed by atoms with Gasteiger partial charge in [0.15, 0.2) is 11.2 Å². The van der Waals surface area contributed by atoms with Crippen molar-refractivity contribution < 1.29 is 4.39 Å². The maximum atomic E-state index is 13.7. The summed E-state index contributed by atoms with van der Waals surface area (Å²) in [6.07, 6.45) is 2.77. The van der Waals surface area contributed by atoms with E-state index in [0.29, 0.717) is 21.2 Å². The van der Waals surface area contributed by atoms with Crippen molar-refractivity contribution in [1.29, 1.82) is 0 Å². The molecule has 5 nitrogen and oxygen atoms in total. The Morgan fingerprint density at radius 3 is 3.00 bits per heavy atom. The number of H-pyrrole nitrogens is 1. The predicted octanol–water partition coefficient (Wildman–Crippen LogP) is 2.07. The lowest BCUT2D eigenvalue weighted by atomic mass is 10.2. The first-order chi connectivity index (χ1) is 9.15. The number of benzene rings is 1. The Kier molecular flexibility index (Phi) is 2.90. The van der Waals surface area contributed by atoms with Gasteiger partial charge in [0.1, 0.15) is 12.1 Å². The summed E-state index contributed by atoms with van der Waals surface area (Å²) in [5.74, 6) is -0.369. The van der Waals surface area contributed by atoms with Crippen LogP contribution in [0.15, 0.2) is 40.1 Å². The predicted molar refractivity (Wildman–Crippen MR) is 71.4 cm³/mol. The van der Waals surface area contributed by atoms with E-state index < -0.39 is 0 Å². The molecule has 0 unspecified atom stereocenters. The first-order valence-electron chi connectivity index (χ1n) is 5.47. The summed E-state index contributed by atoms with van der Waals surface area (Å²) >= 11 is 3.19. The van der Waals surface area contributed by atoms with Crippen molar-refractivity contribution in [2.75, 3.05) is 0 Å². The Morgan fingerprint density at radius 1 is 1.37 bits per heavy atom. The first-order valence-corrected chi connectivity index (χ1v) is 6.27. The third-order valence-corrected chi connectivity index (χ3v) is 3.26. The minimum Gasteiger partial charge on any atom is -0.339 e. The Balaban J connectivity index is 2.05. The number of aromatic amines is 1. The fourth-order valence-corrected chi connectivity index (χ4v) is 2.14. The highest BCUT2D eigenvalue weighted by Crippen LogP contribution is 2.15. The van der Waals surface area contributed by atoms with Gasteiger partial charge in [-0.3, -0.25) is 9.36 Å². The van der Waals surface area contributed by atoms with Crippen LogP contribution in [0.1, 0.15) is 5.56 Å². The fourth-order valence-electron chi connectivity index (χ4n) is 1.81. The summed E-state index contributed by atoms with van der Waals surface area (Å²) in [6.45, 7) is 0.125. The lowest BCUT2D eigenvalue weighted by Crippen LogP contribution is -2.21. The third-order valence-electron chi connectivity index (χ3n) is 2.77. The monoisotopic (exact) mass is 322 g/mol. The molecule has 0 radical (unpaired) electrons. The molecule has 1 N–H and O–H groups in total. The molecule has 1 aromatic carbocycles. The molecule has 0 bridgehead atoms. The van der Waals surface area contributed by atoms with Crippen LogP contribution in [0.3, 0.4) is 0 Å². The van der Waals surface area contributed by atoms with Crippen LogP contribution in [-0.4, -0.2) is 19.5 Å². The normalized spacial score (nSPS) is 11.1. The highest BCUT2D eigenvalue weighted by molar-refractivity contribution is 9.10. The number of aromatic nitrogens is 4. The summed E-state index contributed by atoms with van der Waals surface area (Å²) < 4.78 is 15.7. The quantitative estimate of drug-likeness (QED) is 0.785. The lowest BCUT2D eigenvalue weighted by Gasteiger charge is -2.06. The van der Waals surface area contributed by atoms with Crippen LogP contribution in [0.4, 0.5) is 4.39 Å². The topological polar surface area (TPSA) is 63.6 Å². The van der Waals surface area contributed by atoms with E-state index in [1.165, 1.54) is 23.3 Å². The SMILES string of the molecule is O=c1c2[nH]cnc2ncn1Cc1ccc(Br)cc1F. The lowest BCUT2D eigenvalue weighted by molar-refractivity contribution is 0.594. The second kappa shape index (κ2) is 4.58. The molecule has 0 saturated heterocycles. The van der Waals surface area contributed by atoms with Crippen LogP contribution in [-0.2, 0) is 6.54 Å². The molecule has 0 atom stereocenters. The van der Waals surface area contributed by atoms with Crippen LogP contribution in [0, 0.1) is 5.82 Å². The van der Waals surface area contributed by atoms with Gasteiger partial charge < -0.3 is 4.98 Å². The van der Waals surface area contributed by atoms with Gasteiger partial charge in [0, 0.05) is 10.0 Å². The van der Waals surface area contributed by atoms with Crippen LogP contribution in [0.2, 0.25) is 0 Å². The van der Waals surface area contributed by atoms with Crippen LogP contribution < -0.4 is 5.56 Å². The average molecular weight is 323 g/mol. The molecular weight excluding hydrogens is 315 g/mol. The molecule has 7 heteroatoms. The van der Waals surface area contributed by atoms with Gasteiger partial charge in [-0.05, 0) is 12.1 Å². The van der Waals surface area contributed by atoms with Gasteiger partial charge in [-0.2, -0.15) is 0 Å². The van der Waals surface area contributed by atoms with Crippen molar-refractivity contribution in [3.8, 4) is 0 Å². The van der Waals surface area contributed by atoms with E-state index in [2.05, 4.69) is 30.9 Å². The van der Waals surface area contributed by atoms with Crippen molar-refractivity contribution in [1.82, 2.24) is 19.5 Å². The van der Waals surface area contributed by atoms with Gasteiger partial charge >= 0.3 is 0 Å². The summed E-state index contributed by atoms with van der Waals surface area (Å²) in [5.41, 5.74) is 0.827. The van der Waals surface area contributed by atoms with E-state index in [-0.39, 0.29) is 17.9 Å². The van der Waals surface area contributed by atoms with Crippen LogP contribution >= 0.6 is 15.9 Å². The summed E-state index contributed by atoms with van der Waals surface area (Å²) in [5, 5.41) is 0. The third kappa shape index (κ3) is 2.17. The molecule has 0 saturated carbocycles. The van der Waals surface area contributed by atoms with Crippen LogP contribution in [0.25, 0.3) is 11.2 Å². The Hall–Kier alpha value is -2.02. The minimum atomic E-state index is -0.369. The van der Waals surface area contributed by atoms with Crippen molar-refractivity contribution >= 4 is 27.1 Å². The van der Waals surface area contributed by atoms with Gasteiger partial charge in [-0.25, -0.2) is 14.4 Å². The summed E-state index contributed by atoms with van der Waals surface area (Å²) in [7, 11) is 0. The van der Waals surface area contributed by atoms with Crippen molar-refractivity contribution in [2.45, 2.75) is 6.54 Å². The molecule has 2 heterocycles. The molecule has 0 fully saturated rings. The fraction of sp³-hybridized carbons (Fsp3) is 0.0833. The number of fused-ring (bicyclic) bond motifs is 1. The Bertz CT molecular complexity index is 811. The molecule has 19 heavy (non-hydrogen) atoms. The molecule has 3 rings (SSSR count). The van der Waals surface area contributed by atoms with Crippen molar-refractivity contribution in [3.05, 3.63) is 57.1 Å². The zero-order valence-corrected chi connectivity index (χ0v) is 11.2. The maximum absolute atomic E-state index is 13.7. The average Bonchev–Trinajstić information content (AvgIpc) is 2.85. The second-order valence-electron chi connectivity index (χ2n) is 4.01. The van der Waals surface area contributed by atoms with Gasteiger partial charge in [0.2, 0.25) is 0 Å². The van der Waals surface area contributed by atoms with Gasteiger partial charge in [0.25, 0.3) is 5.56 Å². The molecule has 0 amide bonds. The zero-order valence-electron chi connectivity index (χ0n) is 9.60. The Morgan fingerprint density at radius 2 is 2.21 bits per heavy atom. The molecule has 0 aliphatic carbocycles. The maximum Gasteiger partial charge on any atom is 0.279 e. The zero-order chi connectivity index (χ0) is 13.4. The number of nitrogens with zero attached hydrogens (tertiary/aromatic N) is 3. The Labute approximate surface area is 115 Å². The van der Waals surface area contributed by atoms with E-state index in [0.717, 1.165) is 0 Å². The first kappa shape index (κ1) is 12.0. The van der Waals surface area contributed by atoms with Crippen molar-refractivity contribution in [2.24, 2.45) is 0 Å². The smallest absolute Gasteiger partial charge is 0.279 e. The molecule has 2 aromatic heterocycles. The number of rotatable bonds is 2. The molecule has 3 aromatic rings. The summed E-state index contributed by atoms with van der Waals surface area (Å²) in [6, 6.07) is 4.72. The highest BCUT2D eigenvalue weighted by atomic mass is 79.9. The van der Waals surface area contributed by atoms with E-state index in [9.17, 15) is 9.18 Å². The number of hydrogen-bond acceptors (Lipinski definition) is 3.